The molecule has 2 atom stereocenters. The van der Waals surface area contributed by atoms with Gasteiger partial charge in [0.25, 0.3) is 0 Å². The molecule has 3 N–H and O–H groups in total. The second-order valence-corrected chi connectivity index (χ2v) is 5.01. The maximum Gasteiger partial charge on any atom is 0.322 e. The zero-order valence-corrected chi connectivity index (χ0v) is 11.4. The molecule has 0 radical (unpaired) electrons. The van der Waals surface area contributed by atoms with Gasteiger partial charge in [-0.05, 0) is 34.1 Å². The molecule has 0 aliphatic carbocycles. The van der Waals surface area contributed by atoms with Crippen molar-refractivity contribution in [1.29, 1.82) is 0 Å². The monoisotopic (exact) mass is 261 g/mol. The van der Waals surface area contributed by atoms with Crippen LogP contribution in [0.4, 0.5) is 0 Å². The van der Waals surface area contributed by atoms with E-state index in [9.17, 15) is 9.59 Å². The molecular formula is C12H23NO5. The molecule has 0 fully saturated rings. The van der Waals surface area contributed by atoms with E-state index in [1.54, 1.807) is 27.7 Å². The minimum atomic E-state index is -0.936. The van der Waals surface area contributed by atoms with E-state index in [0.717, 1.165) is 0 Å². The van der Waals surface area contributed by atoms with Crippen LogP contribution in [0.2, 0.25) is 0 Å². The Morgan fingerprint density at radius 2 is 1.83 bits per heavy atom. The topological polar surface area (TPSA) is 98.9 Å². The van der Waals surface area contributed by atoms with Crippen LogP contribution in [-0.4, -0.2) is 41.9 Å². The van der Waals surface area contributed by atoms with E-state index in [2.05, 4.69) is 0 Å². The van der Waals surface area contributed by atoms with Gasteiger partial charge >= 0.3 is 11.9 Å². The van der Waals surface area contributed by atoms with E-state index in [-0.39, 0.29) is 13.0 Å². The molecule has 18 heavy (non-hydrogen) atoms. The van der Waals surface area contributed by atoms with Crippen LogP contribution in [0.15, 0.2) is 0 Å². The lowest BCUT2D eigenvalue weighted by Crippen LogP contribution is -2.39. The highest BCUT2D eigenvalue weighted by Gasteiger charge is 2.29. The Balaban J connectivity index is 4.42. The highest BCUT2D eigenvalue weighted by Crippen LogP contribution is 2.15. The molecule has 0 aromatic rings. The molecule has 0 saturated carbocycles. The Morgan fingerprint density at radius 1 is 1.28 bits per heavy atom. The van der Waals surface area contributed by atoms with Crippen molar-refractivity contribution >= 4 is 11.9 Å². The fourth-order valence-electron chi connectivity index (χ4n) is 1.28. The molecule has 0 aliphatic heterocycles. The number of carbonyl (C=O) groups excluding carboxylic acids is 2. The third-order valence-corrected chi connectivity index (χ3v) is 2.09. The van der Waals surface area contributed by atoms with Crippen molar-refractivity contribution in [2.24, 2.45) is 11.7 Å². The molecule has 0 amide bonds. The van der Waals surface area contributed by atoms with Gasteiger partial charge < -0.3 is 20.3 Å². The number of aliphatic hydroxyl groups excluding tert-OH is 1. The minimum Gasteiger partial charge on any atom is -0.465 e. The van der Waals surface area contributed by atoms with Crippen LogP contribution in [0.3, 0.4) is 0 Å². The fraction of sp³-hybridized carbons (Fsp3) is 0.833. The molecule has 0 rings (SSSR count). The average molecular weight is 261 g/mol. The van der Waals surface area contributed by atoms with E-state index in [0.29, 0.717) is 0 Å². The normalized spacial score (nSPS) is 14.8. The summed E-state index contributed by atoms with van der Waals surface area (Å²) < 4.78 is 9.86. The van der Waals surface area contributed by atoms with Crippen LogP contribution in [0, 0.1) is 5.92 Å². The summed E-state index contributed by atoms with van der Waals surface area (Å²) in [5, 5.41) is 9.15. The second-order valence-electron chi connectivity index (χ2n) is 5.01. The highest BCUT2D eigenvalue weighted by molar-refractivity contribution is 5.78. The fourth-order valence-corrected chi connectivity index (χ4v) is 1.28. The molecule has 0 aromatic heterocycles. The summed E-state index contributed by atoms with van der Waals surface area (Å²) in [6.45, 7) is 6.66. The first-order valence-electron chi connectivity index (χ1n) is 5.97. The van der Waals surface area contributed by atoms with Crippen LogP contribution in [-0.2, 0) is 19.1 Å². The molecule has 106 valence electrons. The van der Waals surface area contributed by atoms with Crippen LogP contribution in [0.25, 0.3) is 0 Å². The zero-order valence-electron chi connectivity index (χ0n) is 11.4. The van der Waals surface area contributed by atoms with E-state index in [1.165, 1.54) is 0 Å². The van der Waals surface area contributed by atoms with Gasteiger partial charge in [-0.2, -0.15) is 0 Å². The van der Waals surface area contributed by atoms with Crippen molar-refractivity contribution in [3.63, 3.8) is 0 Å². The first-order chi connectivity index (χ1) is 8.21. The van der Waals surface area contributed by atoms with Crippen LogP contribution >= 0.6 is 0 Å². The Hall–Kier alpha value is -1.14. The Morgan fingerprint density at radius 3 is 2.22 bits per heavy atom. The van der Waals surface area contributed by atoms with Crippen LogP contribution < -0.4 is 5.73 Å². The molecular weight excluding hydrogens is 238 g/mol. The Labute approximate surface area is 107 Å². The number of hydrogen-bond acceptors (Lipinski definition) is 6. The maximum absolute atomic E-state index is 11.7. The first-order valence-corrected chi connectivity index (χ1v) is 5.97. The maximum atomic E-state index is 11.7. The lowest BCUT2D eigenvalue weighted by atomic mass is 10.0. The van der Waals surface area contributed by atoms with Gasteiger partial charge in [-0.3, -0.25) is 9.59 Å². The molecule has 6 nitrogen and oxygen atoms in total. The van der Waals surface area contributed by atoms with E-state index in [1.807, 2.05) is 0 Å². The predicted molar refractivity (Wildman–Crippen MR) is 65.6 cm³/mol. The summed E-state index contributed by atoms with van der Waals surface area (Å²) in [6.07, 6.45) is 0.00421. The van der Waals surface area contributed by atoms with Gasteiger partial charge in [-0.1, -0.05) is 0 Å². The summed E-state index contributed by atoms with van der Waals surface area (Å²) >= 11 is 0. The van der Waals surface area contributed by atoms with Crippen LogP contribution in [0.5, 0.6) is 0 Å². The number of ether oxygens (including phenoxy) is 2. The molecule has 0 saturated heterocycles. The quantitative estimate of drug-likeness (QED) is 0.663. The van der Waals surface area contributed by atoms with Gasteiger partial charge in [-0.25, -0.2) is 0 Å². The average Bonchev–Trinajstić information content (AvgIpc) is 2.23. The van der Waals surface area contributed by atoms with E-state index < -0.39 is 36.1 Å². The number of nitrogens with two attached hydrogens (primary N) is 1. The van der Waals surface area contributed by atoms with Gasteiger partial charge in [0.1, 0.15) is 11.6 Å². The second kappa shape index (κ2) is 7.33. The minimum absolute atomic E-state index is 0.00421. The molecule has 6 heteroatoms. The molecule has 0 bridgehead atoms. The molecule has 0 spiro atoms. The van der Waals surface area contributed by atoms with Crippen molar-refractivity contribution in [2.45, 2.75) is 45.8 Å². The van der Waals surface area contributed by atoms with Crippen molar-refractivity contribution in [2.75, 3.05) is 13.2 Å². The summed E-state index contributed by atoms with van der Waals surface area (Å²) in [4.78, 5) is 23.0. The number of aliphatic hydroxyl groups is 1. The highest BCUT2D eigenvalue weighted by atomic mass is 16.6. The number of hydrogen-bond donors (Lipinski definition) is 2. The van der Waals surface area contributed by atoms with Gasteiger partial charge in [-0.15, -0.1) is 0 Å². The SMILES string of the molecule is CCOC(=O)[C@H](N)CC(CO)C(=O)OC(C)(C)C. The standard InChI is InChI=1S/C12H23NO5/c1-5-17-11(16)9(13)6-8(7-14)10(15)18-12(2,3)4/h8-9,14H,5-7,13H2,1-4H3/t8?,9-/m1/s1. The largest absolute Gasteiger partial charge is 0.465 e. The third kappa shape index (κ3) is 6.56. The summed E-state index contributed by atoms with van der Waals surface area (Å²) in [5.74, 6) is -1.96. The Kier molecular flexibility index (Phi) is 6.86. The third-order valence-electron chi connectivity index (χ3n) is 2.09. The molecule has 0 heterocycles. The van der Waals surface area contributed by atoms with E-state index >= 15 is 0 Å². The van der Waals surface area contributed by atoms with Gasteiger partial charge in [0.15, 0.2) is 0 Å². The molecule has 0 aromatic carbocycles. The van der Waals surface area contributed by atoms with Crippen molar-refractivity contribution < 1.29 is 24.2 Å². The summed E-state index contributed by atoms with van der Waals surface area (Å²) in [6, 6.07) is -0.936. The Bertz CT molecular complexity index is 285. The predicted octanol–water partition coefficient (Wildman–Crippen LogP) is 0.217. The summed E-state index contributed by atoms with van der Waals surface area (Å²) in [5.41, 5.74) is 4.95. The molecule has 1 unspecified atom stereocenters. The lowest BCUT2D eigenvalue weighted by molar-refractivity contribution is -0.162. The van der Waals surface area contributed by atoms with Crippen molar-refractivity contribution in [1.82, 2.24) is 0 Å². The smallest absolute Gasteiger partial charge is 0.322 e. The first kappa shape index (κ1) is 16.9. The molecule has 0 aliphatic rings. The van der Waals surface area contributed by atoms with Crippen molar-refractivity contribution in [3.8, 4) is 0 Å². The number of esters is 2. The van der Waals surface area contributed by atoms with Gasteiger partial charge in [0.2, 0.25) is 0 Å². The van der Waals surface area contributed by atoms with Crippen molar-refractivity contribution in [3.05, 3.63) is 0 Å². The number of rotatable bonds is 6. The van der Waals surface area contributed by atoms with Crippen LogP contribution in [0.1, 0.15) is 34.1 Å². The van der Waals surface area contributed by atoms with E-state index in [4.69, 9.17) is 20.3 Å². The summed E-state index contributed by atoms with van der Waals surface area (Å²) in [7, 11) is 0. The zero-order chi connectivity index (χ0) is 14.3. The van der Waals surface area contributed by atoms with Gasteiger partial charge in [0, 0.05) is 0 Å². The number of carbonyl (C=O) groups is 2. The van der Waals surface area contributed by atoms with Gasteiger partial charge in [0.05, 0.1) is 19.1 Å². The lowest BCUT2D eigenvalue weighted by Gasteiger charge is -2.24.